The first kappa shape index (κ1) is 17.4. The lowest BCUT2D eigenvalue weighted by atomic mass is 9.83. The molecule has 1 aliphatic heterocycles. The van der Waals surface area contributed by atoms with Gasteiger partial charge in [-0.2, -0.15) is 5.26 Å². The van der Waals surface area contributed by atoms with Gasteiger partial charge in [0.2, 0.25) is 17.5 Å². The van der Waals surface area contributed by atoms with Gasteiger partial charge in [0.1, 0.15) is 11.6 Å². The Morgan fingerprint density at radius 3 is 2.50 bits per heavy atom. The zero-order chi connectivity index (χ0) is 18.8. The molecule has 1 aliphatic rings. The van der Waals surface area contributed by atoms with Crippen molar-refractivity contribution in [3.05, 3.63) is 40.4 Å². The normalized spacial score (nSPS) is 15.8. The van der Waals surface area contributed by atoms with E-state index in [0.29, 0.717) is 16.8 Å². The van der Waals surface area contributed by atoms with E-state index in [0.717, 1.165) is 0 Å². The molecule has 0 radical (unpaired) electrons. The van der Waals surface area contributed by atoms with Gasteiger partial charge in [0.15, 0.2) is 11.5 Å². The van der Waals surface area contributed by atoms with Crippen molar-refractivity contribution < 1.29 is 24.1 Å². The van der Waals surface area contributed by atoms with Crippen molar-refractivity contribution in [2.45, 2.75) is 12.5 Å². The van der Waals surface area contributed by atoms with E-state index in [1.54, 1.807) is 19.2 Å². The highest BCUT2D eigenvalue weighted by molar-refractivity contribution is 5.60. The molecule has 0 saturated carbocycles. The number of allylic oxidation sites excluding steroid dienone is 1. The van der Waals surface area contributed by atoms with E-state index in [2.05, 4.69) is 16.3 Å². The highest BCUT2D eigenvalue weighted by atomic mass is 16.5. The summed E-state index contributed by atoms with van der Waals surface area (Å²) in [6.45, 7) is 0.243. The molecular formula is C17H18N4O5. The summed E-state index contributed by atoms with van der Waals surface area (Å²) < 4.78 is 21.1. The fraction of sp³-hybridized carbons (Fsp3) is 0.294. The van der Waals surface area contributed by atoms with Crippen LogP contribution in [0.15, 0.2) is 23.6 Å². The number of nitrogens with zero attached hydrogens (tertiary/aromatic N) is 2. The second-order valence-electron chi connectivity index (χ2n) is 5.55. The number of nitriles is 1. The standard InChI is InChI=1S/C17H18N4O5/c1-23-7-10-14-13(9(6-18)16(19)26-17(14)21-20-10)8-4-11(24-2)15(22)12(5-8)25-3/h4-5,13,22H,7,19H2,1-3H3,(H,20,21)/t13-/m1/s1. The van der Waals surface area contributed by atoms with Gasteiger partial charge < -0.3 is 29.8 Å². The van der Waals surface area contributed by atoms with Crippen molar-refractivity contribution in [1.29, 1.82) is 5.26 Å². The van der Waals surface area contributed by atoms with E-state index >= 15 is 0 Å². The lowest BCUT2D eigenvalue weighted by Gasteiger charge is -2.25. The quantitative estimate of drug-likeness (QED) is 0.731. The number of aromatic hydroxyl groups is 1. The molecule has 0 amide bonds. The summed E-state index contributed by atoms with van der Waals surface area (Å²) in [5.74, 6) is -0.0713. The number of rotatable bonds is 5. The molecule has 9 heteroatoms. The fourth-order valence-corrected chi connectivity index (χ4v) is 2.98. The van der Waals surface area contributed by atoms with Crippen molar-refractivity contribution in [1.82, 2.24) is 10.2 Å². The molecule has 0 bridgehead atoms. The number of ether oxygens (including phenoxy) is 4. The van der Waals surface area contributed by atoms with E-state index < -0.39 is 5.92 Å². The predicted molar refractivity (Wildman–Crippen MR) is 89.8 cm³/mol. The molecule has 1 aromatic heterocycles. The summed E-state index contributed by atoms with van der Waals surface area (Å²) in [5, 5.41) is 26.8. The molecular weight excluding hydrogens is 340 g/mol. The van der Waals surface area contributed by atoms with Crippen LogP contribution in [-0.2, 0) is 11.3 Å². The summed E-state index contributed by atoms with van der Waals surface area (Å²) in [4.78, 5) is 0. The molecule has 2 aromatic rings. The zero-order valence-electron chi connectivity index (χ0n) is 14.5. The summed E-state index contributed by atoms with van der Waals surface area (Å²) >= 11 is 0. The van der Waals surface area contributed by atoms with E-state index in [4.69, 9.17) is 24.7 Å². The Bertz CT molecular complexity index is 887. The van der Waals surface area contributed by atoms with Crippen LogP contribution in [0.3, 0.4) is 0 Å². The number of benzene rings is 1. The number of nitrogens with one attached hydrogen (secondary N) is 1. The number of nitrogens with two attached hydrogens (primary N) is 1. The van der Waals surface area contributed by atoms with Gasteiger partial charge in [0, 0.05) is 7.11 Å². The Hall–Kier alpha value is -3.38. The molecule has 0 fully saturated rings. The van der Waals surface area contributed by atoms with Crippen molar-refractivity contribution in [3.63, 3.8) is 0 Å². The van der Waals surface area contributed by atoms with E-state index in [-0.39, 0.29) is 41.2 Å². The molecule has 26 heavy (non-hydrogen) atoms. The van der Waals surface area contributed by atoms with E-state index in [1.165, 1.54) is 14.2 Å². The first-order chi connectivity index (χ1) is 12.5. The lowest BCUT2D eigenvalue weighted by Crippen LogP contribution is -2.21. The molecule has 0 unspecified atom stereocenters. The third kappa shape index (κ3) is 2.66. The number of phenolic OH excluding ortho intramolecular Hbond substituents is 1. The van der Waals surface area contributed by atoms with Crippen LogP contribution in [0.25, 0.3) is 0 Å². The summed E-state index contributed by atoms with van der Waals surface area (Å²) in [6, 6.07) is 5.33. The molecule has 0 saturated heterocycles. The summed E-state index contributed by atoms with van der Waals surface area (Å²) in [7, 11) is 4.41. The van der Waals surface area contributed by atoms with Gasteiger partial charge in [-0.05, 0) is 17.7 Å². The highest BCUT2D eigenvalue weighted by Crippen LogP contribution is 2.47. The van der Waals surface area contributed by atoms with Gasteiger partial charge in [0.05, 0.1) is 38.0 Å². The Labute approximate surface area is 149 Å². The Kier molecular flexibility index (Phi) is 4.60. The average Bonchev–Trinajstić information content (AvgIpc) is 3.03. The lowest BCUT2D eigenvalue weighted by molar-refractivity contribution is 0.180. The Morgan fingerprint density at radius 1 is 1.31 bits per heavy atom. The predicted octanol–water partition coefficient (Wildman–Crippen LogP) is 1.50. The minimum atomic E-state index is -0.587. The minimum absolute atomic E-state index is 0.0357. The van der Waals surface area contributed by atoms with Crippen LogP contribution in [-0.4, -0.2) is 36.6 Å². The van der Waals surface area contributed by atoms with Crippen LogP contribution in [0.4, 0.5) is 0 Å². The maximum atomic E-state index is 10.2. The van der Waals surface area contributed by atoms with Crippen LogP contribution >= 0.6 is 0 Å². The van der Waals surface area contributed by atoms with Gasteiger partial charge in [-0.15, -0.1) is 5.10 Å². The van der Waals surface area contributed by atoms with Crippen molar-refractivity contribution in [2.75, 3.05) is 21.3 Å². The number of methoxy groups -OCH3 is 3. The van der Waals surface area contributed by atoms with Crippen LogP contribution in [0, 0.1) is 11.3 Å². The van der Waals surface area contributed by atoms with Gasteiger partial charge in [-0.3, -0.25) is 5.10 Å². The maximum Gasteiger partial charge on any atom is 0.244 e. The van der Waals surface area contributed by atoms with Crippen LogP contribution in [0.5, 0.6) is 23.1 Å². The third-order valence-corrected chi connectivity index (χ3v) is 4.14. The smallest absolute Gasteiger partial charge is 0.244 e. The Balaban J connectivity index is 2.26. The number of aromatic nitrogens is 2. The molecule has 3 rings (SSSR count). The molecule has 9 nitrogen and oxygen atoms in total. The monoisotopic (exact) mass is 358 g/mol. The van der Waals surface area contributed by atoms with Gasteiger partial charge in [-0.25, -0.2) is 0 Å². The molecule has 136 valence electrons. The van der Waals surface area contributed by atoms with Crippen LogP contribution in [0.2, 0.25) is 0 Å². The first-order valence-electron chi connectivity index (χ1n) is 7.64. The minimum Gasteiger partial charge on any atom is -0.502 e. The second-order valence-corrected chi connectivity index (χ2v) is 5.55. The average molecular weight is 358 g/mol. The number of hydrogen-bond acceptors (Lipinski definition) is 8. The molecule has 2 heterocycles. The third-order valence-electron chi connectivity index (χ3n) is 4.14. The molecule has 1 atom stereocenters. The number of aromatic amines is 1. The van der Waals surface area contributed by atoms with E-state index in [1.807, 2.05) is 0 Å². The maximum absolute atomic E-state index is 10.2. The van der Waals surface area contributed by atoms with Crippen molar-refractivity contribution >= 4 is 0 Å². The number of H-pyrrole nitrogens is 1. The summed E-state index contributed by atoms with van der Waals surface area (Å²) in [5.41, 5.74) is 8.05. The second kappa shape index (κ2) is 6.85. The van der Waals surface area contributed by atoms with Crippen molar-refractivity contribution in [2.24, 2.45) is 5.73 Å². The molecule has 4 N–H and O–H groups in total. The van der Waals surface area contributed by atoms with Gasteiger partial charge in [0.25, 0.3) is 0 Å². The SMILES string of the molecule is COCc1[nH]nc2c1[C@H](c1cc(OC)c(O)c(OC)c1)C(C#N)=C(N)O2. The highest BCUT2D eigenvalue weighted by Gasteiger charge is 2.36. The van der Waals surface area contributed by atoms with Crippen LogP contribution < -0.4 is 19.9 Å². The summed E-state index contributed by atoms with van der Waals surface area (Å²) in [6.07, 6.45) is 0. The first-order valence-corrected chi connectivity index (χ1v) is 7.64. The number of hydrogen-bond donors (Lipinski definition) is 3. The topological polar surface area (TPSA) is 136 Å². The number of fused-ring (bicyclic) bond motifs is 1. The zero-order valence-corrected chi connectivity index (χ0v) is 14.5. The Morgan fingerprint density at radius 2 is 1.96 bits per heavy atom. The van der Waals surface area contributed by atoms with Gasteiger partial charge in [-0.1, -0.05) is 0 Å². The van der Waals surface area contributed by atoms with Crippen LogP contribution in [0.1, 0.15) is 22.7 Å². The molecule has 0 aliphatic carbocycles. The van der Waals surface area contributed by atoms with Gasteiger partial charge >= 0.3 is 0 Å². The molecule has 0 spiro atoms. The number of phenols is 1. The fourth-order valence-electron chi connectivity index (χ4n) is 2.98. The largest absolute Gasteiger partial charge is 0.502 e. The molecule has 1 aromatic carbocycles. The van der Waals surface area contributed by atoms with Crippen molar-refractivity contribution in [3.8, 4) is 29.2 Å². The van der Waals surface area contributed by atoms with E-state index in [9.17, 15) is 10.4 Å².